The Balaban J connectivity index is 2.97. The van der Waals surface area contributed by atoms with Gasteiger partial charge in [0.15, 0.2) is 0 Å². The number of hydrogen-bond acceptors (Lipinski definition) is 5. The molecule has 0 heterocycles. The van der Waals surface area contributed by atoms with Gasteiger partial charge >= 0.3 is 0 Å². The van der Waals surface area contributed by atoms with Crippen LogP contribution in [0.1, 0.15) is 17.3 Å². The molecule has 0 saturated carbocycles. The second-order valence-electron chi connectivity index (χ2n) is 4.29. The molecule has 0 bridgehead atoms. The van der Waals surface area contributed by atoms with E-state index in [9.17, 15) is 9.90 Å². The van der Waals surface area contributed by atoms with E-state index < -0.39 is 12.0 Å². The van der Waals surface area contributed by atoms with Crippen molar-refractivity contribution in [2.45, 2.75) is 13.0 Å². The van der Waals surface area contributed by atoms with Crippen molar-refractivity contribution in [1.82, 2.24) is 5.32 Å². The van der Waals surface area contributed by atoms with Crippen LogP contribution in [0.2, 0.25) is 0 Å². The minimum atomic E-state index is -0.606. The van der Waals surface area contributed by atoms with Crippen LogP contribution in [0.25, 0.3) is 0 Å². The number of amidine groups is 1. The predicted molar refractivity (Wildman–Crippen MR) is 79.4 cm³/mol. The lowest BCUT2D eigenvalue weighted by molar-refractivity contribution is 0.100. The summed E-state index contributed by atoms with van der Waals surface area (Å²) in [5, 5.41) is 21.3. The van der Waals surface area contributed by atoms with Crippen molar-refractivity contribution < 1.29 is 19.7 Å². The molecular weight excluding hydrogens is 274 g/mol. The van der Waals surface area contributed by atoms with Gasteiger partial charge < -0.3 is 26.0 Å². The Bertz CT molecular complexity index is 555. The highest BCUT2D eigenvalue weighted by atomic mass is 16.5. The number of phenols is 1. The summed E-state index contributed by atoms with van der Waals surface area (Å²) in [6.45, 7) is 1.48. The van der Waals surface area contributed by atoms with Crippen LogP contribution in [0.4, 0.5) is 0 Å². The summed E-state index contributed by atoms with van der Waals surface area (Å²) in [7, 11) is 1.69. The number of aromatic hydroxyl groups is 1. The van der Waals surface area contributed by atoms with E-state index in [1.807, 2.05) is 0 Å². The van der Waals surface area contributed by atoms with Gasteiger partial charge in [-0.3, -0.25) is 4.79 Å². The van der Waals surface area contributed by atoms with Crippen LogP contribution in [-0.2, 0) is 0 Å². The van der Waals surface area contributed by atoms with E-state index in [4.69, 9.17) is 15.6 Å². The van der Waals surface area contributed by atoms with Crippen LogP contribution in [-0.4, -0.2) is 41.7 Å². The second kappa shape index (κ2) is 7.91. The van der Waals surface area contributed by atoms with Crippen LogP contribution >= 0.6 is 0 Å². The normalized spacial score (nSPS) is 13.2. The molecule has 7 nitrogen and oxygen atoms in total. The van der Waals surface area contributed by atoms with Gasteiger partial charge in [0.25, 0.3) is 5.91 Å². The number of carbonyl (C=O) groups excluding carboxylic acids is 1. The zero-order valence-electron chi connectivity index (χ0n) is 11.9. The molecule has 0 spiro atoms. The number of ether oxygens (including phenoxy) is 1. The van der Waals surface area contributed by atoms with Crippen LogP contribution in [0.3, 0.4) is 0 Å². The van der Waals surface area contributed by atoms with Crippen LogP contribution < -0.4 is 15.8 Å². The lowest BCUT2D eigenvalue weighted by atomic mass is 10.2. The third-order valence-corrected chi connectivity index (χ3v) is 2.38. The van der Waals surface area contributed by atoms with Gasteiger partial charge in [0, 0.05) is 18.7 Å². The SMILES string of the molecule is CN/C=C\C(N)=NC(=O)c1cc(O)cc(OC(C)CO)c1. The summed E-state index contributed by atoms with van der Waals surface area (Å²) in [5.41, 5.74) is 5.69. The van der Waals surface area contributed by atoms with Gasteiger partial charge in [0.05, 0.1) is 6.61 Å². The smallest absolute Gasteiger partial charge is 0.279 e. The first-order chi connectivity index (χ1) is 9.96. The molecule has 1 rings (SSSR count). The number of benzene rings is 1. The molecule has 0 aliphatic rings. The summed E-state index contributed by atoms with van der Waals surface area (Å²) in [6.07, 6.45) is 2.51. The average Bonchev–Trinajstić information content (AvgIpc) is 2.44. The van der Waals surface area contributed by atoms with E-state index in [1.165, 1.54) is 30.5 Å². The monoisotopic (exact) mass is 293 g/mol. The first-order valence-electron chi connectivity index (χ1n) is 6.30. The van der Waals surface area contributed by atoms with E-state index in [-0.39, 0.29) is 29.5 Å². The number of aliphatic hydroxyl groups is 1. The summed E-state index contributed by atoms with van der Waals surface area (Å²) >= 11 is 0. The molecule has 0 fully saturated rings. The molecule has 0 aromatic heterocycles. The Hall–Kier alpha value is -2.54. The van der Waals surface area contributed by atoms with E-state index >= 15 is 0 Å². The van der Waals surface area contributed by atoms with Crippen molar-refractivity contribution in [3.8, 4) is 11.5 Å². The van der Waals surface area contributed by atoms with Gasteiger partial charge in [-0.1, -0.05) is 0 Å². The number of amides is 1. The molecule has 1 atom stereocenters. The lowest BCUT2D eigenvalue weighted by Crippen LogP contribution is -2.16. The van der Waals surface area contributed by atoms with Crippen molar-refractivity contribution in [1.29, 1.82) is 0 Å². The molecular formula is C14H19N3O4. The number of nitrogens with zero attached hydrogens (tertiary/aromatic N) is 1. The molecule has 5 N–H and O–H groups in total. The standard InChI is InChI=1S/C14H19N3O4/c1-9(8-18)21-12-6-10(5-11(19)7-12)14(20)17-13(15)3-4-16-2/h3-7,9,16,18-19H,8H2,1-2H3,(H2,15,17,20)/b4-3-. The van der Waals surface area contributed by atoms with E-state index in [1.54, 1.807) is 14.0 Å². The van der Waals surface area contributed by atoms with E-state index in [0.29, 0.717) is 0 Å². The molecule has 0 saturated heterocycles. The van der Waals surface area contributed by atoms with Gasteiger partial charge in [-0.2, -0.15) is 4.99 Å². The van der Waals surface area contributed by atoms with Gasteiger partial charge in [-0.15, -0.1) is 0 Å². The molecule has 1 aromatic carbocycles. The first kappa shape index (κ1) is 16.5. The fourth-order valence-electron chi connectivity index (χ4n) is 1.43. The Morgan fingerprint density at radius 2 is 2.24 bits per heavy atom. The van der Waals surface area contributed by atoms with Crippen molar-refractivity contribution in [3.05, 3.63) is 36.0 Å². The van der Waals surface area contributed by atoms with Crippen LogP contribution in [0.5, 0.6) is 11.5 Å². The molecule has 1 amide bonds. The molecule has 114 valence electrons. The Morgan fingerprint density at radius 3 is 2.86 bits per heavy atom. The van der Waals surface area contributed by atoms with Crippen LogP contribution in [0, 0.1) is 0 Å². The van der Waals surface area contributed by atoms with E-state index in [2.05, 4.69) is 10.3 Å². The van der Waals surface area contributed by atoms with Crippen LogP contribution in [0.15, 0.2) is 35.5 Å². The molecule has 0 aliphatic heterocycles. The number of aliphatic hydroxyl groups excluding tert-OH is 1. The Labute approximate surface area is 122 Å². The third kappa shape index (κ3) is 5.53. The summed E-state index contributed by atoms with van der Waals surface area (Å²) in [4.78, 5) is 15.6. The fourth-order valence-corrected chi connectivity index (χ4v) is 1.43. The number of rotatable bonds is 6. The minimum absolute atomic E-state index is 0.0314. The van der Waals surface area contributed by atoms with Crippen molar-refractivity contribution in [2.75, 3.05) is 13.7 Å². The highest BCUT2D eigenvalue weighted by molar-refractivity contribution is 6.06. The first-order valence-corrected chi connectivity index (χ1v) is 6.30. The molecule has 21 heavy (non-hydrogen) atoms. The predicted octanol–water partition coefficient (Wildman–Crippen LogP) is 0.382. The average molecular weight is 293 g/mol. The zero-order valence-corrected chi connectivity index (χ0v) is 11.9. The summed E-state index contributed by atoms with van der Waals surface area (Å²) < 4.78 is 5.34. The molecule has 0 aliphatic carbocycles. The van der Waals surface area contributed by atoms with Gasteiger partial charge in [0.2, 0.25) is 0 Å². The Morgan fingerprint density at radius 1 is 1.52 bits per heavy atom. The molecule has 1 aromatic rings. The van der Waals surface area contributed by atoms with Gasteiger partial charge in [0.1, 0.15) is 23.4 Å². The number of nitrogens with one attached hydrogen (secondary N) is 1. The molecule has 1 unspecified atom stereocenters. The number of hydrogen-bond donors (Lipinski definition) is 4. The topological polar surface area (TPSA) is 117 Å². The van der Waals surface area contributed by atoms with Crippen molar-refractivity contribution in [2.24, 2.45) is 10.7 Å². The van der Waals surface area contributed by atoms with Crippen molar-refractivity contribution in [3.63, 3.8) is 0 Å². The minimum Gasteiger partial charge on any atom is -0.508 e. The number of aliphatic imine (C=N–C) groups is 1. The maximum Gasteiger partial charge on any atom is 0.279 e. The zero-order chi connectivity index (χ0) is 15.8. The second-order valence-corrected chi connectivity index (χ2v) is 4.29. The number of carbonyl (C=O) groups is 1. The quantitative estimate of drug-likeness (QED) is 0.445. The van der Waals surface area contributed by atoms with Crippen molar-refractivity contribution >= 4 is 11.7 Å². The largest absolute Gasteiger partial charge is 0.508 e. The number of phenolic OH excluding ortho intramolecular Hbond substituents is 1. The van der Waals surface area contributed by atoms with Gasteiger partial charge in [-0.25, -0.2) is 0 Å². The maximum atomic E-state index is 11.9. The van der Waals surface area contributed by atoms with Gasteiger partial charge in [-0.05, 0) is 31.3 Å². The Kier molecular flexibility index (Phi) is 6.22. The van der Waals surface area contributed by atoms with E-state index in [0.717, 1.165) is 0 Å². The number of nitrogens with two attached hydrogens (primary N) is 1. The molecule has 0 radical (unpaired) electrons. The highest BCUT2D eigenvalue weighted by Gasteiger charge is 2.10. The molecule has 7 heteroatoms. The third-order valence-electron chi connectivity index (χ3n) is 2.38. The highest BCUT2D eigenvalue weighted by Crippen LogP contribution is 2.23. The maximum absolute atomic E-state index is 11.9. The lowest BCUT2D eigenvalue weighted by Gasteiger charge is -2.12. The fraction of sp³-hybridized carbons (Fsp3) is 0.286. The summed E-state index contributed by atoms with van der Waals surface area (Å²) in [6, 6.07) is 4.03. The summed E-state index contributed by atoms with van der Waals surface area (Å²) in [5.74, 6) is -0.450.